The first-order chi connectivity index (χ1) is 9.76. The molecule has 0 aliphatic heterocycles. The van der Waals surface area contributed by atoms with E-state index in [0.29, 0.717) is 5.56 Å². The summed E-state index contributed by atoms with van der Waals surface area (Å²) >= 11 is 0. The van der Waals surface area contributed by atoms with Gasteiger partial charge in [0.2, 0.25) is 10.0 Å². The molecule has 1 unspecified atom stereocenters. The highest BCUT2D eigenvalue weighted by Crippen LogP contribution is 2.15. The van der Waals surface area contributed by atoms with Crippen LogP contribution in [-0.4, -0.2) is 34.2 Å². The Hall–Kier alpha value is -1.02. The number of benzene rings is 1. The zero-order chi connectivity index (χ0) is 16.0. The van der Waals surface area contributed by atoms with E-state index in [1.165, 1.54) is 25.3 Å². The van der Waals surface area contributed by atoms with E-state index in [1.54, 1.807) is 6.92 Å². The molecule has 0 spiro atoms. The van der Waals surface area contributed by atoms with Crippen LogP contribution >= 0.6 is 0 Å². The molecule has 0 aromatic heterocycles. The van der Waals surface area contributed by atoms with E-state index in [1.807, 2.05) is 13.8 Å². The summed E-state index contributed by atoms with van der Waals surface area (Å²) in [4.78, 5) is 0.0489. The van der Waals surface area contributed by atoms with E-state index in [0.717, 1.165) is 0 Å². The molecular formula is C14H23FN2O3S. The molecule has 7 heteroatoms. The molecule has 1 rings (SSSR count). The van der Waals surface area contributed by atoms with Gasteiger partial charge in [-0.25, -0.2) is 17.5 Å². The lowest BCUT2D eigenvalue weighted by atomic mass is 10.2. The van der Waals surface area contributed by atoms with Gasteiger partial charge in [-0.1, -0.05) is 13.8 Å². The van der Waals surface area contributed by atoms with Crippen LogP contribution in [0.15, 0.2) is 23.1 Å². The lowest BCUT2D eigenvalue weighted by Crippen LogP contribution is -2.31. The lowest BCUT2D eigenvalue weighted by molar-refractivity contribution is 0.122. The van der Waals surface area contributed by atoms with Crippen LogP contribution in [0.3, 0.4) is 0 Å². The third kappa shape index (κ3) is 5.70. The van der Waals surface area contributed by atoms with Crippen molar-refractivity contribution in [2.24, 2.45) is 0 Å². The molecule has 2 N–H and O–H groups in total. The number of rotatable bonds is 8. The van der Waals surface area contributed by atoms with Crippen molar-refractivity contribution in [3.05, 3.63) is 29.6 Å². The fourth-order valence-corrected chi connectivity index (χ4v) is 2.73. The molecule has 120 valence electrons. The molecule has 1 aromatic rings. The summed E-state index contributed by atoms with van der Waals surface area (Å²) in [5, 5.41) is 3.07. The summed E-state index contributed by atoms with van der Waals surface area (Å²) in [6, 6.07) is 3.97. The van der Waals surface area contributed by atoms with E-state index in [2.05, 4.69) is 10.0 Å². The van der Waals surface area contributed by atoms with Crippen molar-refractivity contribution in [2.45, 2.75) is 44.4 Å². The second-order valence-corrected chi connectivity index (χ2v) is 6.95. The van der Waals surface area contributed by atoms with Crippen molar-refractivity contribution < 1.29 is 17.5 Å². The number of halogens is 1. The summed E-state index contributed by atoms with van der Waals surface area (Å²) in [7, 11) is -2.16. The van der Waals surface area contributed by atoms with Crippen LogP contribution in [0.25, 0.3) is 0 Å². The van der Waals surface area contributed by atoms with E-state index in [9.17, 15) is 12.8 Å². The maximum Gasteiger partial charge on any atom is 0.240 e. The van der Waals surface area contributed by atoms with Crippen LogP contribution in [0.4, 0.5) is 4.39 Å². The number of hydrogen-bond acceptors (Lipinski definition) is 4. The smallest absolute Gasteiger partial charge is 0.240 e. The molecule has 0 aliphatic carbocycles. The Balaban J connectivity index is 2.89. The second-order valence-electron chi connectivity index (χ2n) is 5.19. The van der Waals surface area contributed by atoms with Crippen LogP contribution in [0.1, 0.15) is 26.3 Å². The topological polar surface area (TPSA) is 67.4 Å². The zero-order valence-corrected chi connectivity index (χ0v) is 13.6. The summed E-state index contributed by atoms with van der Waals surface area (Å²) in [5.41, 5.74) is 0.325. The number of methoxy groups -OCH3 is 1. The normalized spacial score (nSPS) is 13.6. The fourth-order valence-electron chi connectivity index (χ4n) is 1.56. The first-order valence-electron chi connectivity index (χ1n) is 6.80. The molecule has 5 nitrogen and oxygen atoms in total. The van der Waals surface area contributed by atoms with Crippen LogP contribution < -0.4 is 10.0 Å². The minimum Gasteiger partial charge on any atom is -0.380 e. The Morgan fingerprint density at radius 2 is 1.95 bits per heavy atom. The van der Waals surface area contributed by atoms with Gasteiger partial charge < -0.3 is 10.1 Å². The largest absolute Gasteiger partial charge is 0.380 e. The average Bonchev–Trinajstić information content (AvgIpc) is 2.43. The van der Waals surface area contributed by atoms with E-state index in [-0.39, 0.29) is 30.1 Å². The standard InChI is InChI=1S/C14H23FN2O3S/c1-10(2)16-9-12-7-13(5-6-14(12)15)21(18,19)17-8-11(3)20-4/h5-7,10-11,16-17H,8-9H2,1-4H3. The highest BCUT2D eigenvalue weighted by Gasteiger charge is 2.17. The Labute approximate surface area is 125 Å². The third-order valence-electron chi connectivity index (χ3n) is 2.99. The highest BCUT2D eigenvalue weighted by molar-refractivity contribution is 7.89. The van der Waals surface area contributed by atoms with Gasteiger partial charge in [0.15, 0.2) is 0 Å². The van der Waals surface area contributed by atoms with Gasteiger partial charge in [0.1, 0.15) is 5.82 Å². The predicted molar refractivity (Wildman–Crippen MR) is 80.0 cm³/mol. The van der Waals surface area contributed by atoms with Gasteiger partial charge in [-0.05, 0) is 25.1 Å². The maximum absolute atomic E-state index is 13.7. The molecule has 1 aromatic carbocycles. The summed E-state index contributed by atoms with van der Waals surface area (Å²) < 4.78 is 45.4. The molecule has 0 heterocycles. The molecule has 0 aliphatic rings. The highest BCUT2D eigenvalue weighted by atomic mass is 32.2. The lowest BCUT2D eigenvalue weighted by Gasteiger charge is -2.13. The van der Waals surface area contributed by atoms with Crippen molar-refractivity contribution in [1.29, 1.82) is 0 Å². The Morgan fingerprint density at radius 1 is 1.29 bits per heavy atom. The fraction of sp³-hybridized carbons (Fsp3) is 0.571. The van der Waals surface area contributed by atoms with Crippen molar-refractivity contribution in [1.82, 2.24) is 10.0 Å². The predicted octanol–water partition coefficient (Wildman–Crippen LogP) is 1.64. The summed E-state index contributed by atoms with van der Waals surface area (Å²) in [6.07, 6.45) is -0.234. The van der Waals surface area contributed by atoms with Crippen molar-refractivity contribution in [2.75, 3.05) is 13.7 Å². The van der Waals surface area contributed by atoms with E-state index < -0.39 is 15.8 Å². The second kappa shape index (κ2) is 7.84. The minimum atomic E-state index is -3.67. The van der Waals surface area contributed by atoms with Gasteiger partial charge in [0.25, 0.3) is 0 Å². The van der Waals surface area contributed by atoms with Gasteiger partial charge in [-0.2, -0.15) is 0 Å². The van der Waals surface area contributed by atoms with Crippen LogP contribution in [0, 0.1) is 5.82 Å². The van der Waals surface area contributed by atoms with Crippen LogP contribution in [-0.2, 0) is 21.3 Å². The van der Waals surface area contributed by atoms with Gasteiger partial charge in [0.05, 0.1) is 11.0 Å². The molecule has 0 saturated heterocycles. The van der Waals surface area contributed by atoms with Crippen LogP contribution in [0.2, 0.25) is 0 Å². The third-order valence-corrected chi connectivity index (χ3v) is 4.41. The Kier molecular flexibility index (Phi) is 6.73. The Morgan fingerprint density at radius 3 is 2.52 bits per heavy atom. The molecular weight excluding hydrogens is 295 g/mol. The zero-order valence-electron chi connectivity index (χ0n) is 12.8. The monoisotopic (exact) mass is 318 g/mol. The Bertz CT molecular complexity index is 561. The number of ether oxygens (including phenoxy) is 1. The van der Waals surface area contributed by atoms with Crippen molar-refractivity contribution in [3.63, 3.8) is 0 Å². The van der Waals surface area contributed by atoms with Gasteiger partial charge in [-0.3, -0.25) is 0 Å². The maximum atomic E-state index is 13.7. The average molecular weight is 318 g/mol. The minimum absolute atomic E-state index is 0.0489. The summed E-state index contributed by atoms with van der Waals surface area (Å²) in [5.74, 6) is -0.424. The number of sulfonamides is 1. The summed E-state index contributed by atoms with van der Waals surface area (Å²) in [6.45, 7) is 6.07. The molecule has 0 bridgehead atoms. The molecule has 0 radical (unpaired) electrons. The molecule has 0 saturated carbocycles. The number of nitrogens with one attached hydrogen (secondary N) is 2. The van der Waals surface area contributed by atoms with E-state index >= 15 is 0 Å². The first-order valence-corrected chi connectivity index (χ1v) is 8.29. The molecule has 0 amide bonds. The van der Waals surface area contributed by atoms with Gasteiger partial charge in [0, 0.05) is 31.8 Å². The van der Waals surface area contributed by atoms with Crippen LogP contribution in [0.5, 0.6) is 0 Å². The SMILES string of the molecule is COC(C)CNS(=O)(=O)c1ccc(F)c(CNC(C)C)c1. The van der Waals surface area contributed by atoms with Crippen molar-refractivity contribution >= 4 is 10.0 Å². The quantitative estimate of drug-likeness (QED) is 0.764. The van der Waals surface area contributed by atoms with Gasteiger partial charge >= 0.3 is 0 Å². The first kappa shape index (κ1) is 18.0. The molecule has 0 fully saturated rings. The molecule has 21 heavy (non-hydrogen) atoms. The number of hydrogen-bond donors (Lipinski definition) is 2. The molecule has 1 atom stereocenters. The van der Waals surface area contributed by atoms with Gasteiger partial charge in [-0.15, -0.1) is 0 Å². The van der Waals surface area contributed by atoms with E-state index in [4.69, 9.17) is 4.74 Å². The van der Waals surface area contributed by atoms with Crippen molar-refractivity contribution in [3.8, 4) is 0 Å².